The minimum absolute atomic E-state index is 0.233. The fourth-order valence-electron chi connectivity index (χ4n) is 4.90. The Morgan fingerprint density at radius 1 is 1.05 bits per heavy atom. The smallest absolute Gasteiger partial charge is 0.410 e. The van der Waals surface area contributed by atoms with Gasteiger partial charge in [0.1, 0.15) is 23.6 Å². The van der Waals surface area contributed by atoms with Gasteiger partial charge < -0.3 is 19.9 Å². The van der Waals surface area contributed by atoms with Gasteiger partial charge >= 0.3 is 6.09 Å². The molecule has 1 aromatic carbocycles. The van der Waals surface area contributed by atoms with Gasteiger partial charge in [0, 0.05) is 68.7 Å². The van der Waals surface area contributed by atoms with Gasteiger partial charge in [-0.1, -0.05) is 6.07 Å². The van der Waals surface area contributed by atoms with E-state index in [1.807, 2.05) is 39.1 Å². The first-order valence-electron chi connectivity index (χ1n) is 14.0. The Hall–Kier alpha value is -4.05. The Balaban J connectivity index is 1.08. The molecule has 2 fully saturated rings. The average molecular weight is 541 g/mol. The first-order chi connectivity index (χ1) is 19.3. The van der Waals surface area contributed by atoms with Crippen molar-refractivity contribution in [3.63, 3.8) is 0 Å². The lowest BCUT2D eigenvalue weighted by Gasteiger charge is -2.35. The molecule has 6 rings (SSSR count). The SMILES string of the molecule is CC(C)(C)OC(=O)N1CCN(Cc2ccnc(Cc3nc4ccc(-c5cc(NC6CC6)ncn5)cc4[nH]3)c2)CC1. The number of ether oxygens (including phenoxy) is 1. The number of H-pyrrole nitrogens is 1. The van der Waals surface area contributed by atoms with E-state index in [1.54, 1.807) is 11.2 Å². The van der Waals surface area contributed by atoms with Crippen molar-refractivity contribution in [3.8, 4) is 11.3 Å². The zero-order chi connectivity index (χ0) is 27.7. The number of hydrogen-bond acceptors (Lipinski definition) is 8. The van der Waals surface area contributed by atoms with Gasteiger partial charge in [-0.2, -0.15) is 0 Å². The number of fused-ring (bicyclic) bond motifs is 1. The first kappa shape index (κ1) is 26.2. The summed E-state index contributed by atoms with van der Waals surface area (Å²) in [5.41, 5.74) is 5.50. The molecule has 1 aliphatic heterocycles. The zero-order valence-electron chi connectivity index (χ0n) is 23.4. The normalized spacial score (nSPS) is 16.3. The number of imidazole rings is 1. The third-order valence-corrected chi connectivity index (χ3v) is 7.08. The Kier molecular flexibility index (Phi) is 7.10. The minimum Gasteiger partial charge on any atom is -0.444 e. The van der Waals surface area contributed by atoms with Crippen molar-refractivity contribution in [2.45, 2.75) is 58.2 Å². The number of piperazine rings is 1. The van der Waals surface area contributed by atoms with Gasteiger partial charge in [0.05, 0.1) is 16.7 Å². The number of amides is 1. The van der Waals surface area contributed by atoms with E-state index in [2.05, 4.69) is 54.4 Å². The molecule has 1 aliphatic carbocycles. The van der Waals surface area contributed by atoms with Crippen LogP contribution in [0.5, 0.6) is 0 Å². The van der Waals surface area contributed by atoms with Gasteiger partial charge in [-0.15, -0.1) is 0 Å². The van der Waals surface area contributed by atoms with Crippen LogP contribution in [-0.2, 0) is 17.7 Å². The van der Waals surface area contributed by atoms with Crippen LogP contribution in [0.4, 0.5) is 10.6 Å². The Morgan fingerprint density at radius 2 is 1.88 bits per heavy atom. The van der Waals surface area contributed by atoms with Gasteiger partial charge in [-0.25, -0.2) is 19.7 Å². The van der Waals surface area contributed by atoms with Crippen LogP contribution in [0.25, 0.3) is 22.3 Å². The highest BCUT2D eigenvalue weighted by Gasteiger charge is 2.26. The summed E-state index contributed by atoms with van der Waals surface area (Å²) in [5, 5.41) is 3.44. The lowest BCUT2D eigenvalue weighted by molar-refractivity contribution is 0.0139. The third-order valence-electron chi connectivity index (χ3n) is 7.08. The molecule has 2 N–H and O–H groups in total. The summed E-state index contributed by atoms with van der Waals surface area (Å²) in [4.78, 5) is 38.2. The molecule has 2 aliphatic rings. The monoisotopic (exact) mass is 540 g/mol. The number of aromatic nitrogens is 5. The maximum atomic E-state index is 12.4. The van der Waals surface area contributed by atoms with Crippen molar-refractivity contribution in [3.05, 3.63) is 66.0 Å². The van der Waals surface area contributed by atoms with Crippen LogP contribution in [0.1, 0.15) is 50.7 Å². The first-order valence-corrected chi connectivity index (χ1v) is 14.0. The molecule has 4 aromatic rings. The number of nitrogens with one attached hydrogen (secondary N) is 2. The number of pyridine rings is 1. The van der Waals surface area contributed by atoms with Crippen molar-refractivity contribution < 1.29 is 9.53 Å². The molecule has 3 aromatic heterocycles. The molecule has 1 saturated carbocycles. The number of anilines is 1. The van der Waals surface area contributed by atoms with E-state index >= 15 is 0 Å². The zero-order valence-corrected chi connectivity index (χ0v) is 23.4. The molecule has 1 amide bonds. The van der Waals surface area contributed by atoms with Crippen molar-refractivity contribution in [2.75, 3.05) is 31.5 Å². The molecule has 40 heavy (non-hydrogen) atoms. The van der Waals surface area contributed by atoms with Gasteiger partial charge in [0.2, 0.25) is 0 Å². The number of rotatable bonds is 7. The molecular formula is C30H36N8O2. The fourth-order valence-corrected chi connectivity index (χ4v) is 4.90. The third kappa shape index (κ3) is 6.56. The molecular weight excluding hydrogens is 504 g/mol. The summed E-state index contributed by atoms with van der Waals surface area (Å²) >= 11 is 0. The summed E-state index contributed by atoms with van der Waals surface area (Å²) in [5.74, 6) is 1.75. The number of carbonyl (C=O) groups is 1. The Bertz CT molecular complexity index is 1500. The highest BCUT2D eigenvalue weighted by molar-refractivity contribution is 5.81. The van der Waals surface area contributed by atoms with E-state index in [0.29, 0.717) is 25.6 Å². The number of carbonyl (C=O) groups excluding carboxylic acids is 1. The Labute approximate surface area is 234 Å². The maximum Gasteiger partial charge on any atom is 0.410 e. The van der Waals surface area contributed by atoms with Gasteiger partial charge in [-0.3, -0.25) is 9.88 Å². The second-order valence-electron chi connectivity index (χ2n) is 11.7. The van der Waals surface area contributed by atoms with Crippen molar-refractivity contribution >= 4 is 22.9 Å². The fraction of sp³-hybridized carbons (Fsp3) is 0.433. The van der Waals surface area contributed by atoms with Crippen LogP contribution in [-0.4, -0.2) is 78.6 Å². The lowest BCUT2D eigenvalue weighted by atomic mass is 10.1. The van der Waals surface area contributed by atoms with Gasteiger partial charge in [0.25, 0.3) is 0 Å². The molecule has 4 heterocycles. The van der Waals surface area contributed by atoms with E-state index in [4.69, 9.17) is 9.72 Å². The standard InChI is InChI=1S/C30H36N8O2/c1-30(2,3)40-29(39)38-12-10-37(11-13-38)18-20-8-9-31-23(14-20)16-28-35-24-7-4-21(15-26(24)36-28)25-17-27(33-19-32-25)34-22-5-6-22/h4,7-9,14-15,17,19,22H,5-6,10-13,16,18H2,1-3H3,(H,35,36)(H,32,33,34). The second kappa shape index (κ2) is 10.8. The van der Waals surface area contributed by atoms with E-state index in [9.17, 15) is 4.79 Å². The van der Waals surface area contributed by atoms with Crippen LogP contribution in [0.3, 0.4) is 0 Å². The summed E-state index contributed by atoms with van der Waals surface area (Å²) in [6.07, 6.45) is 6.27. The molecule has 1 saturated heterocycles. The molecule has 0 atom stereocenters. The number of hydrogen-bond donors (Lipinski definition) is 2. The molecule has 208 valence electrons. The minimum atomic E-state index is -0.475. The van der Waals surface area contributed by atoms with Crippen molar-refractivity contribution in [1.82, 2.24) is 34.7 Å². The number of aromatic amines is 1. The van der Waals surface area contributed by atoms with Crippen LogP contribution in [0.2, 0.25) is 0 Å². The van der Waals surface area contributed by atoms with E-state index in [0.717, 1.165) is 59.3 Å². The topological polar surface area (TPSA) is 112 Å². The van der Waals surface area contributed by atoms with Crippen LogP contribution in [0, 0.1) is 0 Å². The van der Waals surface area contributed by atoms with E-state index < -0.39 is 5.60 Å². The number of benzene rings is 1. The van der Waals surface area contributed by atoms with Crippen LogP contribution < -0.4 is 5.32 Å². The quantitative estimate of drug-likeness (QED) is 0.349. The molecule has 0 bridgehead atoms. The second-order valence-corrected chi connectivity index (χ2v) is 11.7. The Morgan fingerprint density at radius 3 is 2.65 bits per heavy atom. The summed E-state index contributed by atoms with van der Waals surface area (Å²) < 4.78 is 5.52. The largest absolute Gasteiger partial charge is 0.444 e. The van der Waals surface area contributed by atoms with E-state index in [1.165, 1.54) is 18.4 Å². The van der Waals surface area contributed by atoms with Gasteiger partial charge in [-0.05, 0) is 63.4 Å². The molecule has 10 heteroatoms. The predicted octanol–water partition coefficient (Wildman–Crippen LogP) is 4.63. The summed E-state index contributed by atoms with van der Waals surface area (Å²) in [6, 6.07) is 12.9. The van der Waals surface area contributed by atoms with Crippen LogP contribution >= 0.6 is 0 Å². The molecule has 0 radical (unpaired) electrons. The van der Waals surface area contributed by atoms with Crippen molar-refractivity contribution in [2.24, 2.45) is 0 Å². The molecule has 0 unspecified atom stereocenters. The van der Waals surface area contributed by atoms with E-state index in [-0.39, 0.29) is 6.09 Å². The predicted molar refractivity (Wildman–Crippen MR) is 154 cm³/mol. The highest BCUT2D eigenvalue weighted by Crippen LogP contribution is 2.27. The van der Waals surface area contributed by atoms with Crippen molar-refractivity contribution in [1.29, 1.82) is 0 Å². The maximum absolute atomic E-state index is 12.4. The highest BCUT2D eigenvalue weighted by atomic mass is 16.6. The average Bonchev–Trinajstić information content (AvgIpc) is 3.64. The number of nitrogens with zero attached hydrogens (tertiary/aromatic N) is 6. The molecule has 0 spiro atoms. The lowest BCUT2D eigenvalue weighted by Crippen LogP contribution is -2.49. The summed E-state index contributed by atoms with van der Waals surface area (Å²) in [6.45, 7) is 9.47. The van der Waals surface area contributed by atoms with Crippen LogP contribution in [0.15, 0.2) is 48.9 Å². The summed E-state index contributed by atoms with van der Waals surface area (Å²) in [7, 11) is 0. The van der Waals surface area contributed by atoms with Gasteiger partial charge in [0.15, 0.2) is 0 Å². The molecule has 10 nitrogen and oxygen atoms in total.